The third-order valence-electron chi connectivity index (χ3n) is 4.00. The highest BCUT2D eigenvalue weighted by atomic mass is 32.1. The number of nitrogens with zero attached hydrogens (tertiary/aromatic N) is 1. The molecule has 5 nitrogen and oxygen atoms in total. The number of nitrogens with one attached hydrogen (secondary N) is 1. The van der Waals surface area contributed by atoms with Crippen molar-refractivity contribution in [2.24, 2.45) is 0 Å². The summed E-state index contributed by atoms with van der Waals surface area (Å²) in [5.41, 5.74) is 0.405. The molecular formula is C18H20N2O3S2. The van der Waals surface area contributed by atoms with Crippen LogP contribution < -0.4 is 5.32 Å². The second-order valence-electron chi connectivity index (χ2n) is 5.71. The third-order valence-corrected chi connectivity index (χ3v) is 5.94. The summed E-state index contributed by atoms with van der Waals surface area (Å²) in [6.45, 7) is 2.20. The van der Waals surface area contributed by atoms with Gasteiger partial charge in [0.2, 0.25) is 5.91 Å². The molecular weight excluding hydrogens is 356 g/mol. The summed E-state index contributed by atoms with van der Waals surface area (Å²) in [5.74, 6) is -0.539. The Balaban J connectivity index is 1.81. The number of aromatic nitrogens is 1. The van der Waals surface area contributed by atoms with Gasteiger partial charge in [-0.1, -0.05) is 19.4 Å². The lowest BCUT2D eigenvalue weighted by molar-refractivity contribution is -0.122. The Morgan fingerprint density at radius 2 is 2.12 bits per heavy atom. The van der Waals surface area contributed by atoms with E-state index >= 15 is 0 Å². The van der Waals surface area contributed by atoms with E-state index in [2.05, 4.69) is 12.2 Å². The maximum absolute atomic E-state index is 12.6. The second-order valence-corrected chi connectivity index (χ2v) is 7.59. The molecule has 7 heteroatoms. The van der Waals surface area contributed by atoms with Gasteiger partial charge in [-0.05, 0) is 35.4 Å². The van der Waals surface area contributed by atoms with Crippen molar-refractivity contribution in [3.63, 3.8) is 0 Å². The van der Waals surface area contributed by atoms with Gasteiger partial charge in [0, 0.05) is 10.3 Å². The average molecular weight is 377 g/mol. The minimum Gasteiger partial charge on any atom is -0.464 e. The minimum atomic E-state index is -0.431. The Morgan fingerprint density at radius 1 is 1.28 bits per heavy atom. The number of ether oxygens (including phenoxy) is 1. The highest BCUT2D eigenvalue weighted by molar-refractivity contribution is 7.16. The van der Waals surface area contributed by atoms with E-state index in [1.54, 1.807) is 22.0 Å². The van der Waals surface area contributed by atoms with E-state index in [1.165, 1.54) is 18.4 Å². The predicted molar refractivity (Wildman–Crippen MR) is 101 cm³/mol. The molecule has 3 aromatic rings. The highest BCUT2D eigenvalue weighted by Crippen LogP contribution is 2.27. The first-order valence-corrected chi connectivity index (χ1v) is 9.87. The van der Waals surface area contributed by atoms with Crippen molar-refractivity contribution in [1.29, 1.82) is 0 Å². The molecule has 3 rings (SSSR count). The fraction of sp³-hybridized carbons (Fsp3) is 0.333. The van der Waals surface area contributed by atoms with Crippen molar-refractivity contribution >= 4 is 44.8 Å². The summed E-state index contributed by atoms with van der Waals surface area (Å²) in [5, 5.41) is 8.01. The zero-order valence-electron chi connectivity index (χ0n) is 14.2. The van der Waals surface area contributed by atoms with E-state index in [9.17, 15) is 9.59 Å². The van der Waals surface area contributed by atoms with Gasteiger partial charge in [-0.2, -0.15) is 0 Å². The third kappa shape index (κ3) is 3.77. The van der Waals surface area contributed by atoms with Gasteiger partial charge in [0.25, 0.3) is 0 Å². The van der Waals surface area contributed by atoms with Crippen LogP contribution in [0.3, 0.4) is 0 Å². The Bertz CT molecular complexity index is 864. The van der Waals surface area contributed by atoms with Crippen molar-refractivity contribution in [1.82, 2.24) is 9.88 Å². The van der Waals surface area contributed by atoms with Gasteiger partial charge in [0.05, 0.1) is 13.2 Å². The molecule has 0 unspecified atom stereocenters. The summed E-state index contributed by atoms with van der Waals surface area (Å²) >= 11 is 3.15. The lowest BCUT2D eigenvalue weighted by Gasteiger charge is -2.17. The number of carbonyl (C=O) groups is 2. The van der Waals surface area contributed by atoms with Gasteiger partial charge in [-0.15, -0.1) is 22.7 Å². The molecule has 0 aliphatic heterocycles. The Kier molecular flexibility index (Phi) is 5.55. The highest BCUT2D eigenvalue weighted by Gasteiger charge is 2.21. The van der Waals surface area contributed by atoms with E-state index in [-0.39, 0.29) is 18.5 Å². The molecule has 3 heterocycles. The van der Waals surface area contributed by atoms with Crippen LogP contribution >= 0.6 is 22.7 Å². The summed E-state index contributed by atoms with van der Waals surface area (Å²) in [7, 11) is 1.35. The van der Waals surface area contributed by atoms with Crippen LogP contribution in [0.2, 0.25) is 0 Å². The molecule has 1 amide bonds. The number of rotatable bonds is 7. The first kappa shape index (κ1) is 17.7. The molecule has 3 aromatic heterocycles. The van der Waals surface area contributed by atoms with Crippen LogP contribution in [-0.4, -0.2) is 23.6 Å². The van der Waals surface area contributed by atoms with E-state index in [0.717, 1.165) is 27.9 Å². The smallest absolute Gasteiger partial charge is 0.354 e. The summed E-state index contributed by atoms with van der Waals surface area (Å²) in [6, 6.07) is 7.75. The lowest BCUT2D eigenvalue weighted by Crippen LogP contribution is -2.32. The van der Waals surface area contributed by atoms with Crippen LogP contribution in [0.25, 0.3) is 10.2 Å². The van der Waals surface area contributed by atoms with Crippen molar-refractivity contribution in [2.45, 2.75) is 32.4 Å². The normalized spacial score (nSPS) is 12.2. The SMILES string of the molecule is CCC[C@H](NC(=O)Cn1c(C(=O)OC)cc2ccsc21)c1cccs1. The molecule has 0 saturated carbocycles. The van der Waals surface area contributed by atoms with E-state index < -0.39 is 5.97 Å². The number of fused-ring (bicyclic) bond motifs is 1. The molecule has 0 spiro atoms. The quantitative estimate of drug-likeness (QED) is 0.629. The van der Waals surface area contributed by atoms with Gasteiger partial charge in [0.15, 0.2) is 0 Å². The van der Waals surface area contributed by atoms with Gasteiger partial charge in [-0.25, -0.2) is 4.79 Å². The fourth-order valence-corrected chi connectivity index (χ4v) is 4.56. The molecule has 0 aromatic carbocycles. The fourth-order valence-electron chi connectivity index (χ4n) is 2.85. The lowest BCUT2D eigenvalue weighted by atomic mass is 10.1. The molecule has 0 saturated heterocycles. The van der Waals surface area contributed by atoms with Crippen LogP contribution in [0, 0.1) is 0 Å². The van der Waals surface area contributed by atoms with Crippen molar-refractivity contribution < 1.29 is 14.3 Å². The largest absolute Gasteiger partial charge is 0.464 e. The van der Waals surface area contributed by atoms with Crippen LogP contribution in [0.5, 0.6) is 0 Å². The Hall–Kier alpha value is -2.12. The predicted octanol–water partition coefficient (Wildman–Crippen LogP) is 4.21. The molecule has 0 fully saturated rings. The van der Waals surface area contributed by atoms with Gasteiger partial charge in [0.1, 0.15) is 17.1 Å². The topological polar surface area (TPSA) is 60.3 Å². The molecule has 0 aliphatic carbocycles. The summed E-state index contributed by atoms with van der Waals surface area (Å²) in [6.07, 6.45) is 1.87. The maximum Gasteiger partial charge on any atom is 0.354 e. The number of carbonyl (C=O) groups excluding carboxylic acids is 2. The summed E-state index contributed by atoms with van der Waals surface area (Å²) < 4.78 is 6.59. The molecule has 132 valence electrons. The number of amides is 1. The van der Waals surface area contributed by atoms with Crippen LogP contribution in [0.1, 0.15) is 41.2 Å². The van der Waals surface area contributed by atoms with Crippen LogP contribution in [0.15, 0.2) is 35.0 Å². The monoisotopic (exact) mass is 376 g/mol. The van der Waals surface area contributed by atoms with Gasteiger partial charge < -0.3 is 14.6 Å². The molecule has 25 heavy (non-hydrogen) atoms. The number of methoxy groups -OCH3 is 1. The molecule has 0 bridgehead atoms. The maximum atomic E-state index is 12.6. The van der Waals surface area contributed by atoms with E-state index in [4.69, 9.17) is 4.74 Å². The van der Waals surface area contributed by atoms with E-state index in [1.807, 2.05) is 29.0 Å². The standard InChI is InChI=1S/C18H20N2O3S2/c1-3-5-13(15-6-4-8-24-15)19-16(21)11-20-14(18(22)23-2)10-12-7-9-25-17(12)20/h4,6-10,13H,3,5,11H2,1-2H3,(H,19,21)/t13-/m0/s1. The number of hydrogen-bond donors (Lipinski definition) is 1. The first-order valence-electron chi connectivity index (χ1n) is 8.11. The number of esters is 1. The minimum absolute atomic E-state index is 0.00784. The van der Waals surface area contributed by atoms with E-state index in [0.29, 0.717) is 5.69 Å². The van der Waals surface area contributed by atoms with Crippen molar-refractivity contribution in [3.8, 4) is 0 Å². The van der Waals surface area contributed by atoms with Crippen LogP contribution in [-0.2, 0) is 16.1 Å². The van der Waals surface area contributed by atoms with Gasteiger partial charge in [-0.3, -0.25) is 4.79 Å². The van der Waals surface area contributed by atoms with Crippen LogP contribution in [0.4, 0.5) is 0 Å². The Morgan fingerprint density at radius 3 is 2.80 bits per heavy atom. The number of thiophene rings is 2. The summed E-state index contributed by atoms with van der Waals surface area (Å²) in [4.78, 5) is 26.7. The van der Waals surface area contributed by atoms with Crippen molar-refractivity contribution in [3.05, 3.63) is 45.6 Å². The van der Waals surface area contributed by atoms with Gasteiger partial charge >= 0.3 is 5.97 Å². The molecule has 0 aliphatic rings. The molecule has 0 radical (unpaired) electrons. The second kappa shape index (κ2) is 7.84. The zero-order chi connectivity index (χ0) is 17.8. The first-order chi connectivity index (χ1) is 12.1. The Labute approximate surface area is 154 Å². The molecule has 1 atom stereocenters. The molecule has 1 N–H and O–H groups in total. The number of hydrogen-bond acceptors (Lipinski definition) is 5. The average Bonchev–Trinajstić information content (AvgIpc) is 3.32. The zero-order valence-corrected chi connectivity index (χ0v) is 15.8. The van der Waals surface area contributed by atoms with Crippen molar-refractivity contribution in [2.75, 3.05) is 7.11 Å².